The zero-order chi connectivity index (χ0) is 17.7. The van der Waals surface area contributed by atoms with Gasteiger partial charge in [0.1, 0.15) is 0 Å². The number of benzene rings is 2. The normalized spacial score (nSPS) is 29.4. The number of fused-ring (bicyclic) bond motifs is 4. The Morgan fingerprint density at radius 2 is 1.85 bits per heavy atom. The molecule has 26 heavy (non-hydrogen) atoms. The molecule has 0 aromatic heterocycles. The molecule has 2 aliphatic heterocycles. The molecule has 3 atom stereocenters. The maximum atomic E-state index is 12.9. The van der Waals surface area contributed by atoms with Gasteiger partial charge in [0.15, 0.2) is 0 Å². The first kappa shape index (κ1) is 15.8. The van der Waals surface area contributed by atoms with Crippen LogP contribution in [-0.4, -0.2) is 29.6 Å². The highest BCUT2D eigenvalue weighted by Gasteiger charge is 2.48. The maximum Gasteiger partial charge on any atom is 0.253 e. The summed E-state index contributed by atoms with van der Waals surface area (Å²) in [7, 11) is 0. The summed E-state index contributed by atoms with van der Waals surface area (Å²) < 4.78 is 0. The summed E-state index contributed by atoms with van der Waals surface area (Å²) >= 11 is 0. The fourth-order valence-electron chi connectivity index (χ4n) is 5.26. The minimum atomic E-state index is 0.0521. The second-order valence-corrected chi connectivity index (χ2v) is 8.24. The Balaban J connectivity index is 1.40. The highest BCUT2D eigenvalue weighted by Crippen LogP contribution is 2.51. The van der Waals surface area contributed by atoms with Gasteiger partial charge in [-0.2, -0.15) is 0 Å². The number of likely N-dealkylation sites (tertiary alicyclic amines) is 1. The van der Waals surface area contributed by atoms with E-state index in [-0.39, 0.29) is 11.3 Å². The maximum absolute atomic E-state index is 12.9. The molecule has 0 spiro atoms. The zero-order valence-corrected chi connectivity index (χ0v) is 15.2. The molecular weight excluding hydrogens is 320 g/mol. The van der Waals surface area contributed by atoms with Crippen molar-refractivity contribution in [2.45, 2.75) is 31.6 Å². The summed E-state index contributed by atoms with van der Waals surface area (Å²) in [6, 6.07) is 18.3. The van der Waals surface area contributed by atoms with Crippen LogP contribution in [0.5, 0.6) is 0 Å². The average molecular weight is 344 g/mol. The van der Waals surface area contributed by atoms with E-state index in [2.05, 4.69) is 36.1 Å². The predicted molar refractivity (Wildman–Crippen MR) is 104 cm³/mol. The van der Waals surface area contributed by atoms with Crippen molar-refractivity contribution in [3.8, 4) is 0 Å². The van der Waals surface area contributed by atoms with Crippen LogP contribution in [0.1, 0.15) is 42.1 Å². The molecule has 3 heteroatoms. The second-order valence-electron chi connectivity index (χ2n) is 8.24. The lowest BCUT2D eigenvalue weighted by molar-refractivity contribution is 0.0546. The Kier molecular flexibility index (Phi) is 3.53. The first-order valence-corrected chi connectivity index (χ1v) is 9.67. The molecule has 1 saturated carbocycles. The minimum absolute atomic E-state index is 0.0521. The van der Waals surface area contributed by atoms with Crippen molar-refractivity contribution in [3.63, 3.8) is 0 Å². The Morgan fingerprint density at radius 1 is 1.08 bits per heavy atom. The van der Waals surface area contributed by atoms with Crippen LogP contribution in [0.2, 0.25) is 0 Å². The van der Waals surface area contributed by atoms with E-state index in [0.717, 1.165) is 43.6 Å². The molecule has 0 N–H and O–H groups in total. The number of hydrogen-bond donors (Lipinski definition) is 0. The predicted octanol–water partition coefficient (Wildman–Crippen LogP) is 4.60. The topological polar surface area (TPSA) is 32.7 Å². The van der Waals surface area contributed by atoms with Gasteiger partial charge in [0.05, 0.1) is 5.69 Å². The van der Waals surface area contributed by atoms with E-state index in [9.17, 15) is 4.79 Å². The van der Waals surface area contributed by atoms with Crippen molar-refractivity contribution in [1.29, 1.82) is 0 Å². The highest BCUT2D eigenvalue weighted by molar-refractivity contribution is 6.02. The molecule has 2 fully saturated rings. The Bertz CT molecular complexity index is 888. The molecule has 2 aromatic carbocycles. The fraction of sp³-hybridized carbons (Fsp3) is 0.391. The van der Waals surface area contributed by atoms with Crippen molar-refractivity contribution >= 4 is 17.3 Å². The minimum Gasteiger partial charge on any atom is -0.338 e. The van der Waals surface area contributed by atoms with E-state index in [1.165, 1.54) is 11.3 Å². The molecule has 132 valence electrons. The third-order valence-corrected chi connectivity index (χ3v) is 6.72. The van der Waals surface area contributed by atoms with E-state index < -0.39 is 0 Å². The lowest BCUT2D eigenvalue weighted by Gasteiger charge is -2.47. The fourth-order valence-corrected chi connectivity index (χ4v) is 5.26. The van der Waals surface area contributed by atoms with Gasteiger partial charge in [0, 0.05) is 29.8 Å². The number of hydrogen-bond acceptors (Lipinski definition) is 2. The van der Waals surface area contributed by atoms with Gasteiger partial charge in [-0.05, 0) is 54.9 Å². The highest BCUT2D eigenvalue weighted by atomic mass is 16.2. The quantitative estimate of drug-likeness (QED) is 0.744. The molecule has 1 amide bonds. The average Bonchev–Trinajstić information content (AvgIpc) is 2.97. The van der Waals surface area contributed by atoms with Gasteiger partial charge in [-0.15, -0.1) is 0 Å². The molecule has 2 heterocycles. The SMILES string of the molecule is CC12CC3CN(C(=O)c4ccccc4)CCC3CC1=Nc1ccccc12. The lowest BCUT2D eigenvalue weighted by Crippen LogP contribution is -2.50. The lowest BCUT2D eigenvalue weighted by atomic mass is 9.61. The molecule has 3 nitrogen and oxygen atoms in total. The third-order valence-electron chi connectivity index (χ3n) is 6.72. The first-order chi connectivity index (χ1) is 12.6. The van der Waals surface area contributed by atoms with Gasteiger partial charge in [0.25, 0.3) is 5.91 Å². The smallest absolute Gasteiger partial charge is 0.253 e. The summed E-state index contributed by atoms with van der Waals surface area (Å²) in [4.78, 5) is 19.9. The van der Waals surface area contributed by atoms with Crippen molar-refractivity contribution in [2.75, 3.05) is 13.1 Å². The Hall–Kier alpha value is -2.42. The molecule has 1 aliphatic carbocycles. The van der Waals surface area contributed by atoms with Crippen LogP contribution in [0.4, 0.5) is 5.69 Å². The van der Waals surface area contributed by atoms with Crippen molar-refractivity contribution < 1.29 is 4.79 Å². The van der Waals surface area contributed by atoms with E-state index >= 15 is 0 Å². The van der Waals surface area contributed by atoms with Crippen molar-refractivity contribution in [3.05, 3.63) is 65.7 Å². The number of carbonyl (C=O) groups is 1. The summed E-state index contributed by atoms with van der Waals surface area (Å²) in [5.74, 6) is 1.41. The number of rotatable bonds is 1. The van der Waals surface area contributed by atoms with Crippen LogP contribution in [0, 0.1) is 11.8 Å². The monoisotopic (exact) mass is 344 g/mol. The molecule has 5 rings (SSSR count). The van der Waals surface area contributed by atoms with E-state index in [4.69, 9.17) is 4.99 Å². The molecule has 1 saturated heterocycles. The number of nitrogens with zero attached hydrogens (tertiary/aromatic N) is 2. The molecule has 0 bridgehead atoms. The standard InChI is InChI=1S/C23H24N2O/c1-23-14-18-15-25(22(26)16-7-3-2-4-8-16)12-11-17(18)13-21(23)24-20-10-6-5-9-19(20)23/h2-10,17-18H,11-15H2,1H3. The number of aliphatic imine (C=N–C) groups is 1. The van der Waals surface area contributed by atoms with Gasteiger partial charge in [-0.3, -0.25) is 9.79 Å². The number of amides is 1. The molecule has 2 aromatic rings. The third kappa shape index (κ3) is 2.33. The summed E-state index contributed by atoms with van der Waals surface area (Å²) in [5, 5.41) is 0. The van der Waals surface area contributed by atoms with Gasteiger partial charge >= 0.3 is 0 Å². The first-order valence-electron chi connectivity index (χ1n) is 9.67. The van der Waals surface area contributed by atoms with Crippen LogP contribution in [0.15, 0.2) is 59.6 Å². The van der Waals surface area contributed by atoms with Gasteiger partial charge in [0.2, 0.25) is 0 Å². The molecule has 0 radical (unpaired) electrons. The summed E-state index contributed by atoms with van der Waals surface area (Å²) in [6.45, 7) is 4.10. The largest absolute Gasteiger partial charge is 0.338 e. The van der Waals surface area contributed by atoms with Crippen LogP contribution in [-0.2, 0) is 5.41 Å². The van der Waals surface area contributed by atoms with E-state index in [1.54, 1.807) is 0 Å². The summed E-state index contributed by atoms with van der Waals surface area (Å²) in [5.41, 5.74) is 4.75. The van der Waals surface area contributed by atoms with Crippen molar-refractivity contribution in [1.82, 2.24) is 4.90 Å². The zero-order valence-electron chi connectivity index (χ0n) is 15.2. The van der Waals surface area contributed by atoms with Gasteiger partial charge in [-0.1, -0.05) is 43.3 Å². The molecular formula is C23H24N2O. The van der Waals surface area contributed by atoms with E-state index in [1.807, 2.05) is 30.3 Å². The molecule has 3 aliphatic rings. The molecule has 3 unspecified atom stereocenters. The summed E-state index contributed by atoms with van der Waals surface area (Å²) in [6.07, 6.45) is 3.28. The Morgan fingerprint density at radius 3 is 2.69 bits per heavy atom. The number of piperidine rings is 1. The van der Waals surface area contributed by atoms with E-state index in [0.29, 0.717) is 11.8 Å². The number of para-hydroxylation sites is 1. The van der Waals surface area contributed by atoms with Crippen molar-refractivity contribution in [2.24, 2.45) is 16.8 Å². The van der Waals surface area contributed by atoms with Crippen LogP contribution in [0.3, 0.4) is 0 Å². The van der Waals surface area contributed by atoms with Crippen LogP contribution < -0.4 is 0 Å². The second kappa shape index (κ2) is 5.80. The van der Waals surface area contributed by atoms with Crippen LogP contribution in [0.25, 0.3) is 0 Å². The van der Waals surface area contributed by atoms with Crippen LogP contribution >= 0.6 is 0 Å². The Labute approximate surface area is 154 Å². The van der Waals surface area contributed by atoms with Gasteiger partial charge < -0.3 is 4.90 Å². The van der Waals surface area contributed by atoms with Gasteiger partial charge in [-0.25, -0.2) is 0 Å². The number of carbonyl (C=O) groups excluding carboxylic acids is 1.